The van der Waals surface area contributed by atoms with E-state index in [9.17, 15) is 9.90 Å². The van der Waals surface area contributed by atoms with Gasteiger partial charge < -0.3 is 20.3 Å². The lowest BCUT2D eigenvalue weighted by molar-refractivity contribution is -0.141. The lowest BCUT2D eigenvalue weighted by Gasteiger charge is -2.16. The molecule has 1 aromatic rings. The van der Waals surface area contributed by atoms with Gasteiger partial charge in [-0.3, -0.25) is 4.79 Å². The third kappa shape index (κ3) is 2.13. The minimum Gasteiger partial charge on any atom is -0.504 e. The summed E-state index contributed by atoms with van der Waals surface area (Å²) in [5.74, 6) is -0.653. The largest absolute Gasteiger partial charge is 0.504 e. The number of ether oxygens (including phenoxy) is 1. The number of phenolic OH excluding ortho intramolecular Hbond substituents is 1. The number of carboxylic acid groups (broad SMARTS) is 1. The number of benzene rings is 1. The Labute approximate surface area is 105 Å². The zero-order valence-electron chi connectivity index (χ0n) is 10.4. The van der Waals surface area contributed by atoms with E-state index in [1.807, 2.05) is 19.1 Å². The molecule has 1 aliphatic heterocycles. The van der Waals surface area contributed by atoms with Crippen molar-refractivity contribution in [3.8, 4) is 11.5 Å². The van der Waals surface area contributed by atoms with Gasteiger partial charge in [-0.1, -0.05) is 12.1 Å². The zero-order valence-corrected chi connectivity index (χ0v) is 10.4. The predicted octanol–water partition coefficient (Wildman–Crippen LogP) is 1.44. The average molecular weight is 251 g/mol. The van der Waals surface area contributed by atoms with Crippen molar-refractivity contribution in [3.63, 3.8) is 0 Å². The lowest BCUT2D eigenvalue weighted by Crippen LogP contribution is -2.17. The van der Waals surface area contributed by atoms with Crippen LogP contribution in [0.3, 0.4) is 0 Å². The van der Waals surface area contributed by atoms with Crippen LogP contribution in [0.15, 0.2) is 12.1 Å². The Kier molecular flexibility index (Phi) is 3.43. The Morgan fingerprint density at radius 2 is 2.22 bits per heavy atom. The Morgan fingerprint density at radius 1 is 1.50 bits per heavy atom. The van der Waals surface area contributed by atoms with E-state index in [4.69, 9.17) is 9.84 Å². The molecule has 1 aliphatic rings. The molecule has 0 radical (unpaired) electrons. The van der Waals surface area contributed by atoms with Gasteiger partial charge >= 0.3 is 5.97 Å². The number of hydrogen-bond acceptors (Lipinski definition) is 4. The first kappa shape index (κ1) is 12.7. The number of methoxy groups -OCH3 is 1. The number of carboxylic acids is 1. The molecule has 18 heavy (non-hydrogen) atoms. The first-order chi connectivity index (χ1) is 8.54. The molecular formula is C13H17NO4. The molecule has 98 valence electrons. The second kappa shape index (κ2) is 4.86. The number of aliphatic carboxylic acids is 1. The SMILES string of the molecule is COc1c(C)ccc(C2CC(C(=O)O)CN2)c1O. The summed E-state index contributed by atoms with van der Waals surface area (Å²) in [6, 6.07) is 3.54. The summed E-state index contributed by atoms with van der Waals surface area (Å²) in [5, 5.41) is 22.2. The molecule has 1 fully saturated rings. The van der Waals surface area contributed by atoms with E-state index >= 15 is 0 Å². The molecule has 3 N–H and O–H groups in total. The third-order valence-electron chi connectivity index (χ3n) is 3.42. The zero-order chi connectivity index (χ0) is 13.3. The van der Waals surface area contributed by atoms with E-state index in [0.717, 1.165) is 5.56 Å². The van der Waals surface area contributed by atoms with Crippen LogP contribution in [0.4, 0.5) is 0 Å². The maximum Gasteiger partial charge on any atom is 0.307 e. The van der Waals surface area contributed by atoms with Gasteiger partial charge in [0.15, 0.2) is 11.5 Å². The number of aromatic hydroxyl groups is 1. The fraction of sp³-hybridized carbons (Fsp3) is 0.462. The molecule has 0 bridgehead atoms. The normalized spacial score (nSPS) is 23.0. The number of hydrogen-bond donors (Lipinski definition) is 3. The summed E-state index contributed by atoms with van der Waals surface area (Å²) in [4.78, 5) is 10.9. The van der Waals surface area contributed by atoms with Crippen molar-refractivity contribution in [2.24, 2.45) is 5.92 Å². The molecule has 0 saturated carbocycles. The van der Waals surface area contributed by atoms with E-state index < -0.39 is 11.9 Å². The minimum absolute atomic E-state index is 0.0982. The van der Waals surface area contributed by atoms with Gasteiger partial charge in [-0.2, -0.15) is 0 Å². The maximum atomic E-state index is 10.9. The molecule has 2 rings (SSSR count). The van der Waals surface area contributed by atoms with Crippen LogP contribution in [-0.2, 0) is 4.79 Å². The first-order valence-corrected chi connectivity index (χ1v) is 5.87. The number of rotatable bonds is 3. The van der Waals surface area contributed by atoms with E-state index in [1.165, 1.54) is 7.11 Å². The minimum atomic E-state index is -0.802. The molecule has 2 unspecified atom stereocenters. The molecule has 1 heterocycles. The van der Waals surface area contributed by atoms with Gasteiger partial charge in [0.25, 0.3) is 0 Å². The summed E-state index contributed by atoms with van der Waals surface area (Å²) < 4.78 is 5.16. The summed E-state index contributed by atoms with van der Waals surface area (Å²) >= 11 is 0. The molecule has 5 heteroatoms. The summed E-state index contributed by atoms with van der Waals surface area (Å²) in [6.07, 6.45) is 0.481. The molecule has 5 nitrogen and oxygen atoms in total. The van der Waals surface area contributed by atoms with Crippen molar-refractivity contribution in [1.29, 1.82) is 0 Å². The fourth-order valence-electron chi connectivity index (χ4n) is 2.39. The van der Waals surface area contributed by atoms with Crippen LogP contribution in [0.5, 0.6) is 11.5 Å². The number of carbonyl (C=O) groups is 1. The smallest absolute Gasteiger partial charge is 0.307 e. The number of phenols is 1. The van der Waals surface area contributed by atoms with E-state index in [1.54, 1.807) is 0 Å². The Hall–Kier alpha value is -1.75. The molecule has 0 spiro atoms. The van der Waals surface area contributed by atoms with Crippen molar-refractivity contribution < 1.29 is 19.7 Å². The van der Waals surface area contributed by atoms with Crippen LogP contribution in [0.2, 0.25) is 0 Å². The van der Waals surface area contributed by atoms with Gasteiger partial charge in [0.05, 0.1) is 13.0 Å². The topological polar surface area (TPSA) is 78.8 Å². The van der Waals surface area contributed by atoms with Crippen LogP contribution >= 0.6 is 0 Å². The van der Waals surface area contributed by atoms with Crippen LogP contribution < -0.4 is 10.1 Å². The first-order valence-electron chi connectivity index (χ1n) is 5.87. The molecule has 1 aromatic carbocycles. The van der Waals surface area contributed by atoms with Crippen LogP contribution in [-0.4, -0.2) is 29.8 Å². The highest BCUT2D eigenvalue weighted by Gasteiger charge is 2.32. The number of nitrogens with one attached hydrogen (secondary N) is 1. The highest BCUT2D eigenvalue weighted by molar-refractivity contribution is 5.71. The van der Waals surface area contributed by atoms with Crippen LogP contribution in [0.1, 0.15) is 23.6 Å². The second-order valence-electron chi connectivity index (χ2n) is 4.59. The van der Waals surface area contributed by atoms with E-state index in [0.29, 0.717) is 24.3 Å². The van der Waals surface area contributed by atoms with Gasteiger partial charge in [0.1, 0.15) is 0 Å². The number of aryl methyl sites for hydroxylation is 1. The van der Waals surface area contributed by atoms with Gasteiger partial charge in [-0.05, 0) is 18.9 Å². The Morgan fingerprint density at radius 3 is 2.78 bits per heavy atom. The summed E-state index contributed by atoms with van der Waals surface area (Å²) in [7, 11) is 1.51. The molecule has 2 atom stereocenters. The lowest BCUT2D eigenvalue weighted by atomic mass is 9.98. The van der Waals surface area contributed by atoms with Gasteiger partial charge in [-0.25, -0.2) is 0 Å². The van der Waals surface area contributed by atoms with Crippen molar-refractivity contribution >= 4 is 5.97 Å². The molecule has 0 aliphatic carbocycles. The Balaban J connectivity index is 2.28. The molecule has 0 aromatic heterocycles. The summed E-state index contributed by atoms with van der Waals surface area (Å²) in [6.45, 7) is 2.28. The van der Waals surface area contributed by atoms with Gasteiger partial charge in [0.2, 0.25) is 0 Å². The van der Waals surface area contributed by atoms with Crippen molar-refractivity contribution in [1.82, 2.24) is 5.32 Å². The highest BCUT2D eigenvalue weighted by atomic mass is 16.5. The van der Waals surface area contributed by atoms with Crippen LogP contribution in [0.25, 0.3) is 0 Å². The van der Waals surface area contributed by atoms with Gasteiger partial charge in [-0.15, -0.1) is 0 Å². The average Bonchev–Trinajstić information content (AvgIpc) is 2.79. The molecular weight excluding hydrogens is 234 g/mol. The molecule has 1 saturated heterocycles. The van der Waals surface area contributed by atoms with Crippen molar-refractivity contribution in [2.45, 2.75) is 19.4 Å². The van der Waals surface area contributed by atoms with E-state index in [2.05, 4.69) is 5.32 Å². The highest BCUT2D eigenvalue weighted by Crippen LogP contribution is 2.39. The fourth-order valence-corrected chi connectivity index (χ4v) is 2.39. The maximum absolute atomic E-state index is 10.9. The monoisotopic (exact) mass is 251 g/mol. The van der Waals surface area contributed by atoms with Crippen molar-refractivity contribution in [2.75, 3.05) is 13.7 Å². The van der Waals surface area contributed by atoms with Crippen LogP contribution in [0, 0.1) is 12.8 Å². The summed E-state index contributed by atoms with van der Waals surface area (Å²) in [5.41, 5.74) is 1.55. The second-order valence-corrected chi connectivity index (χ2v) is 4.59. The Bertz CT molecular complexity index is 472. The quantitative estimate of drug-likeness (QED) is 0.757. The van der Waals surface area contributed by atoms with Crippen molar-refractivity contribution in [3.05, 3.63) is 23.3 Å². The van der Waals surface area contributed by atoms with Gasteiger partial charge in [0, 0.05) is 18.2 Å². The molecule has 0 amide bonds. The third-order valence-corrected chi connectivity index (χ3v) is 3.42. The predicted molar refractivity (Wildman–Crippen MR) is 65.9 cm³/mol. The standard InChI is InChI=1S/C13H17NO4/c1-7-3-4-9(11(15)12(7)18-2)10-5-8(6-14-10)13(16)17/h3-4,8,10,14-15H,5-6H2,1-2H3,(H,16,17). The van der Waals surface area contributed by atoms with E-state index in [-0.39, 0.29) is 11.8 Å².